The standard InChI is InChI=1S/C32H58N10O8/c1-6-12-22(40-30(49)26(19(3)43)38-21(5)45)27(46)39-23(13-8-9-16-36-20(4)44)28(47)41-24(14-10-17-37-32(33)34)31(50)42-18-11-15-25(42)29(48)35-7-2/h19,22-26,43H,6-18H2,1-5H3,(H,35,48)(H,36,44)(H,38,45)(H,39,46)(H,40,49)(H,41,47)(H4,33,34,37)/t19-,22+,23+,24+,25+,26+/m1/s1. The number of hydrogen-bond donors (Lipinski definition) is 9. The number of hydrogen-bond acceptors (Lipinski definition) is 9. The van der Waals surface area contributed by atoms with E-state index < -0.39 is 65.8 Å². The van der Waals surface area contributed by atoms with Crippen molar-refractivity contribution < 1.29 is 38.7 Å². The summed E-state index contributed by atoms with van der Waals surface area (Å²) in [6, 6.07) is -5.33. The number of aliphatic hydroxyl groups is 1. The molecule has 0 bridgehead atoms. The fraction of sp³-hybridized carbons (Fsp3) is 0.750. The minimum Gasteiger partial charge on any atom is -0.391 e. The van der Waals surface area contributed by atoms with Gasteiger partial charge in [-0.15, -0.1) is 0 Å². The third kappa shape index (κ3) is 15.8. The highest BCUT2D eigenvalue weighted by molar-refractivity contribution is 5.96. The zero-order chi connectivity index (χ0) is 37.8. The Morgan fingerprint density at radius 3 is 1.96 bits per heavy atom. The van der Waals surface area contributed by atoms with E-state index in [-0.39, 0.29) is 43.6 Å². The summed E-state index contributed by atoms with van der Waals surface area (Å²) in [6.07, 6.45) is 1.98. The highest BCUT2D eigenvalue weighted by atomic mass is 16.3. The molecule has 1 heterocycles. The van der Waals surface area contributed by atoms with Crippen LogP contribution in [-0.4, -0.2) is 120 Å². The maximum atomic E-state index is 13.9. The molecule has 0 aromatic heterocycles. The third-order valence-corrected chi connectivity index (χ3v) is 8.01. The second-order valence-electron chi connectivity index (χ2n) is 12.4. The summed E-state index contributed by atoms with van der Waals surface area (Å²) in [7, 11) is 0. The molecule has 1 rings (SSSR count). The predicted octanol–water partition coefficient (Wildman–Crippen LogP) is -2.39. The molecule has 18 nitrogen and oxygen atoms in total. The highest BCUT2D eigenvalue weighted by Crippen LogP contribution is 2.20. The maximum absolute atomic E-state index is 13.9. The van der Waals surface area contributed by atoms with Crippen molar-refractivity contribution in [1.29, 1.82) is 0 Å². The van der Waals surface area contributed by atoms with Crippen LogP contribution in [0.5, 0.6) is 0 Å². The molecule has 6 atom stereocenters. The summed E-state index contributed by atoms with van der Waals surface area (Å²) in [5.41, 5.74) is 10.9. The van der Waals surface area contributed by atoms with Crippen molar-refractivity contribution in [1.82, 2.24) is 36.8 Å². The molecule has 50 heavy (non-hydrogen) atoms. The Bertz CT molecular complexity index is 1190. The fourth-order valence-corrected chi connectivity index (χ4v) is 5.55. The quantitative estimate of drug-likeness (QED) is 0.0327. The Morgan fingerprint density at radius 1 is 0.800 bits per heavy atom. The highest BCUT2D eigenvalue weighted by Gasteiger charge is 2.38. The molecule has 0 spiro atoms. The number of carbonyl (C=O) groups excluding carboxylic acids is 7. The normalized spacial score (nSPS) is 16.8. The summed E-state index contributed by atoms with van der Waals surface area (Å²) in [6.45, 7) is 8.73. The van der Waals surface area contributed by atoms with E-state index in [0.29, 0.717) is 58.2 Å². The number of aliphatic imine (C=N–C) groups is 1. The minimum absolute atomic E-state index is 0.125. The van der Waals surface area contributed by atoms with Crippen LogP contribution >= 0.6 is 0 Å². The Morgan fingerprint density at radius 2 is 1.40 bits per heavy atom. The first-order valence-corrected chi connectivity index (χ1v) is 17.4. The van der Waals surface area contributed by atoms with E-state index >= 15 is 0 Å². The van der Waals surface area contributed by atoms with E-state index in [1.807, 2.05) is 0 Å². The maximum Gasteiger partial charge on any atom is 0.245 e. The summed E-state index contributed by atoms with van der Waals surface area (Å²) in [5, 5.41) is 25.9. The average Bonchev–Trinajstić information content (AvgIpc) is 3.53. The van der Waals surface area contributed by atoms with Gasteiger partial charge in [-0.3, -0.25) is 38.6 Å². The SMILES string of the molecule is CCC[C@H](NC(=O)[C@@H](NC(C)=O)[C@@H](C)O)C(=O)N[C@@H](CCCCNC(C)=O)C(=O)N[C@@H](CCCN=C(N)N)C(=O)N1CCC[C@H]1C(=O)NCC. The fourth-order valence-electron chi connectivity index (χ4n) is 5.55. The molecule has 1 aliphatic rings. The molecule has 1 aliphatic heterocycles. The second-order valence-corrected chi connectivity index (χ2v) is 12.4. The van der Waals surface area contributed by atoms with Crippen LogP contribution < -0.4 is 43.4 Å². The minimum atomic E-state index is -1.31. The van der Waals surface area contributed by atoms with Gasteiger partial charge in [0.05, 0.1) is 6.10 Å². The Hall–Kier alpha value is -4.48. The zero-order valence-corrected chi connectivity index (χ0v) is 30.0. The van der Waals surface area contributed by atoms with Gasteiger partial charge in [0, 0.05) is 40.0 Å². The van der Waals surface area contributed by atoms with E-state index in [2.05, 4.69) is 36.9 Å². The van der Waals surface area contributed by atoms with Gasteiger partial charge in [0.25, 0.3) is 0 Å². The summed E-state index contributed by atoms with van der Waals surface area (Å²) in [5.74, 6) is -3.74. The number of unbranched alkanes of at least 4 members (excludes halogenated alkanes) is 1. The van der Waals surface area contributed by atoms with E-state index in [0.717, 1.165) is 0 Å². The summed E-state index contributed by atoms with van der Waals surface area (Å²) < 4.78 is 0. The number of nitrogens with zero attached hydrogens (tertiary/aromatic N) is 2. The number of nitrogens with two attached hydrogens (primary N) is 2. The van der Waals surface area contributed by atoms with Crippen LogP contribution in [0.25, 0.3) is 0 Å². The van der Waals surface area contributed by atoms with Crippen LogP contribution in [-0.2, 0) is 33.6 Å². The number of guanidine groups is 1. The van der Waals surface area contributed by atoms with E-state index in [4.69, 9.17) is 11.5 Å². The first kappa shape index (κ1) is 43.5. The van der Waals surface area contributed by atoms with Gasteiger partial charge in [-0.1, -0.05) is 13.3 Å². The smallest absolute Gasteiger partial charge is 0.245 e. The molecule has 0 aliphatic carbocycles. The van der Waals surface area contributed by atoms with E-state index in [1.165, 1.54) is 25.7 Å². The molecule has 0 aromatic rings. The zero-order valence-electron chi connectivity index (χ0n) is 30.0. The van der Waals surface area contributed by atoms with Crippen LogP contribution in [0.3, 0.4) is 0 Å². The molecule has 11 N–H and O–H groups in total. The average molecular weight is 711 g/mol. The first-order valence-electron chi connectivity index (χ1n) is 17.4. The largest absolute Gasteiger partial charge is 0.391 e. The van der Waals surface area contributed by atoms with Crippen molar-refractivity contribution in [2.75, 3.05) is 26.2 Å². The van der Waals surface area contributed by atoms with Crippen molar-refractivity contribution in [2.45, 2.75) is 129 Å². The predicted molar refractivity (Wildman–Crippen MR) is 186 cm³/mol. The van der Waals surface area contributed by atoms with Crippen LogP contribution in [0.1, 0.15) is 92.4 Å². The number of likely N-dealkylation sites (N-methyl/N-ethyl adjacent to an activating group) is 1. The van der Waals surface area contributed by atoms with Gasteiger partial charge < -0.3 is 53.4 Å². The van der Waals surface area contributed by atoms with Gasteiger partial charge in [-0.2, -0.15) is 0 Å². The summed E-state index contributed by atoms with van der Waals surface area (Å²) >= 11 is 0. The monoisotopic (exact) mass is 710 g/mol. The topological polar surface area (TPSA) is 280 Å². The molecule has 1 saturated heterocycles. The molecule has 0 radical (unpaired) electrons. The molecule has 0 saturated carbocycles. The number of amides is 7. The van der Waals surface area contributed by atoms with Crippen LogP contribution in [0.15, 0.2) is 4.99 Å². The number of aliphatic hydroxyl groups excluding tert-OH is 1. The summed E-state index contributed by atoms with van der Waals surface area (Å²) in [4.78, 5) is 95.4. The number of likely N-dealkylation sites (tertiary alicyclic amines) is 1. The van der Waals surface area contributed by atoms with Crippen molar-refractivity contribution >= 4 is 47.3 Å². The van der Waals surface area contributed by atoms with Gasteiger partial charge in [0.15, 0.2) is 5.96 Å². The molecule has 0 aromatic carbocycles. The number of rotatable bonds is 22. The molecule has 284 valence electrons. The molecular weight excluding hydrogens is 652 g/mol. The Labute approximate surface area is 294 Å². The molecular formula is C32H58N10O8. The van der Waals surface area contributed by atoms with Gasteiger partial charge >= 0.3 is 0 Å². The van der Waals surface area contributed by atoms with Crippen LogP contribution in [0.2, 0.25) is 0 Å². The van der Waals surface area contributed by atoms with Gasteiger partial charge in [0.2, 0.25) is 41.4 Å². The van der Waals surface area contributed by atoms with E-state index in [1.54, 1.807) is 13.8 Å². The first-order chi connectivity index (χ1) is 23.6. The lowest BCUT2D eigenvalue weighted by Gasteiger charge is -2.30. The van der Waals surface area contributed by atoms with Crippen LogP contribution in [0, 0.1) is 0 Å². The molecule has 1 fully saturated rings. The molecule has 7 amide bonds. The van der Waals surface area contributed by atoms with Crippen molar-refractivity contribution in [2.24, 2.45) is 16.5 Å². The van der Waals surface area contributed by atoms with Gasteiger partial charge in [-0.05, 0) is 65.2 Å². The Kier molecular flexibility index (Phi) is 20.0. The van der Waals surface area contributed by atoms with Crippen LogP contribution in [0.4, 0.5) is 0 Å². The lowest BCUT2D eigenvalue weighted by Crippen LogP contribution is -2.60. The second kappa shape index (κ2) is 23.0. The van der Waals surface area contributed by atoms with Gasteiger partial charge in [0.1, 0.15) is 30.2 Å². The number of nitrogens with one attached hydrogen (secondary N) is 6. The third-order valence-electron chi connectivity index (χ3n) is 8.01. The number of carbonyl (C=O) groups is 7. The lowest BCUT2D eigenvalue weighted by atomic mass is 10.0. The lowest BCUT2D eigenvalue weighted by molar-refractivity contribution is -0.142. The molecule has 18 heteroatoms. The molecule has 0 unspecified atom stereocenters. The Balaban J connectivity index is 3.30. The van der Waals surface area contributed by atoms with Gasteiger partial charge in [-0.25, -0.2) is 0 Å². The van der Waals surface area contributed by atoms with Crippen molar-refractivity contribution in [3.05, 3.63) is 0 Å². The van der Waals surface area contributed by atoms with E-state index in [9.17, 15) is 38.7 Å². The van der Waals surface area contributed by atoms with Crippen molar-refractivity contribution in [3.8, 4) is 0 Å². The van der Waals surface area contributed by atoms with Crippen molar-refractivity contribution in [3.63, 3.8) is 0 Å².